The van der Waals surface area contributed by atoms with E-state index in [9.17, 15) is 9.59 Å². The molecule has 0 spiro atoms. The van der Waals surface area contributed by atoms with E-state index in [0.29, 0.717) is 27.5 Å². The average Bonchev–Trinajstić information content (AvgIpc) is 2.68. The zero-order valence-corrected chi connectivity index (χ0v) is 18.3. The van der Waals surface area contributed by atoms with Crippen LogP contribution in [-0.2, 0) is 5.41 Å². The molecule has 0 fully saturated rings. The van der Waals surface area contributed by atoms with Crippen molar-refractivity contribution in [1.82, 2.24) is 0 Å². The van der Waals surface area contributed by atoms with Gasteiger partial charge in [0, 0.05) is 16.9 Å². The van der Waals surface area contributed by atoms with Gasteiger partial charge in [0.1, 0.15) is 0 Å². The van der Waals surface area contributed by atoms with E-state index < -0.39 is 0 Å². The highest BCUT2D eigenvalue weighted by Crippen LogP contribution is 2.23. The van der Waals surface area contributed by atoms with E-state index in [0.717, 1.165) is 5.56 Å². The standard InChI is InChI=1S/C25H25ClN2O2/c1-16-5-14-21(22(26)15-16)24(30)28-20-12-10-19(11-13-20)27-23(29)17-6-8-18(9-7-17)25(2,3)4/h5-15H,1-4H3,(H,27,29)(H,28,30). The molecule has 0 aliphatic carbocycles. The summed E-state index contributed by atoms with van der Waals surface area (Å²) in [6.07, 6.45) is 0. The summed E-state index contributed by atoms with van der Waals surface area (Å²) in [5.41, 5.74) is 4.47. The Morgan fingerprint density at radius 3 is 1.80 bits per heavy atom. The fourth-order valence-electron chi connectivity index (χ4n) is 2.96. The zero-order chi connectivity index (χ0) is 21.9. The first-order chi connectivity index (χ1) is 14.1. The number of benzene rings is 3. The fourth-order valence-corrected chi connectivity index (χ4v) is 3.29. The molecular weight excluding hydrogens is 396 g/mol. The van der Waals surface area contributed by atoms with E-state index in [1.807, 2.05) is 37.3 Å². The summed E-state index contributed by atoms with van der Waals surface area (Å²) in [6.45, 7) is 8.32. The topological polar surface area (TPSA) is 58.2 Å². The van der Waals surface area contributed by atoms with Gasteiger partial charge in [-0.3, -0.25) is 9.59 Å². The minimum absolute atomic E-state index is 0.0398. The number of nitrogens with one attached hydrogen (secondary N) is 2. The Labute approximate surface area is 182 Å². The molecule has 0 aliphatic rings. The maximum Gasteiger partial charge on any atom is 0.257 e. The average molecular weight is 421 g/mol. The quantitative estimate of drug-likeness (QED) is 0.509. The SMILES string of the molecule is Cc1ccc(C(=O)Nc2ccc(NC(=O)c3ccc(C(C)(C)C)cc3)cc2)c(Cl)c1. The molecule has 0 aliphatic heterocycles. The molecule has 3 aromatic rings. The monoisotopic (exact) mass is 420 g/mol. The highest BCUT2D eigenvalue weighted by atomic mass is 35.5. The Bertz CT molecular complexity index is 1070. The molecule has 0 heterocycles. The molecule has 0 saturated heterocycles. The Morgan fingerprint density at radius 1 is 0.767 bits per heavy atom. The van der Waals surface area contributed by atoms with Crippen LogP contribution in [0, 0.1) is 6.92 Å². The van der Waals surface area contributed by atoms with Crippen molar-refractivity contribution in [3.8, 4) is 0 Å². The van der Waals surface area contributed by atoms with Gasteiger partial charge in [-0.25, -0.2) is 0 Å². The van der Waals surface area contributed by atoms with Crippen molar-refractivity contribution < 1.29 is 9.59 Å². The smallest absolute Gasteiger partial charge is 0.257 e. The second kappa shape index (κ2) is 8.72. The van der Waals surface area contributed by atoms with Gasteiger partial charge in [-0.05, 0) is 72.0 Å². The van der Waals surface area contributed by atoms with Gasteiger partial charge in [-0.2, -0.15) is 0 Å². The normalized spacial score (nSPS) is 11.1. The van der Waals surface area contributed by atoms with Crippen LogP contribution in [0.25, 0.3) is 0 Å². The van der Waals surface area contributed by atoms with Gasteiger partial charge in [0.2, 0.25) is 0 Å². The van der Waals surface area contributed by atoms with E-state index in [2.05, 4.69) is 31.4 Å². The van der Waals surface area contributed by atoms with Crippen molar-refractivity contribution >= 4 is 34.8 Å². The number of hydrogen-bond donors (Lipinski definition) is 2. The number of rotatable bonds is 4. The number of amides is 2. The summed E-state index contributed by atoms with van der Waals surface area (Å²) in [5.74, 6) is -0.464. The molecule has 2 N–H and O–H groups in total. The van der Waals surface area contributed by atoms with E-state index in [4.69, 9.17) is 11.6 Å². The molecule has 3 aromatic carbocycles. The lowest BCUT2D eigenvalue weighted by molar-refractivity contribution is 0.101. The van der Waals surface area contributed by atoms with Crippen molar-refractivity contribution in [1.29, 1.82) is 0 Å². The first-order valence-electron chi connectivity index (χ1n) is 9.73. The molecule has 3 rings (SSSR count). The lowest BCUT2D eigenvalue weighted by atomic mass is 9.87. The minimum Gasteiger partial charge on any atom is -0.322 e. The first-order valence-corrected chi connectivity index (χ1v) is 10.1. The van der Waals surface area contributed by atoms with Gasteiger partial charge in [0.25, 0.3) is 11.8 Å². The van der Waals surface area contributed by atoms with Crippen LogP contribution in [0.1, 0.15) is 52.6 Å². The second-order valence-corrected chi connectivity index (χ2v) is 8.70. The number of aryl methyl sites for hydroxylation is 1. The molecule has 0 atom stereocenters. The molecule has 0 radical (unpaired) electrons. The van der Waals surface area contributed by atoms with E-state index in [1.165, 1.54) is 5.56 Å². The van der Waals surface area contributed by atoms with Gasteiger partial charge in [-0.15, -0.1) is 0 Å². The van der Waals surface area contributed by atoms with Crippen LogP contribution in [0.2, 0.25) is 5.02 Å². The summed E-state index contributed by atoms with van der Waals surface area (Å²) in [6, 6.07) is 19.9. The Morgan fingerprint density at radius 2 is 1.30 bits per heavy atom. The third kappa shape index (κ3) is 5.28. The van der Waals surface area contributed by atoms with E-state index in [1.54, 1.807) is 36.4 Å². The number of carbonyl (C=O) groups excluding carboxylic acids is 2. The third-order valence-corrected chi connectivity index (χ3v) is 5.10. The van der Waals surface area contributed by atoms with Crippen LogP contribution in [-0.4, -0.2) is 11.8 Å². The molecule has 5 heteroatoms. The lowest BCUT2D eigenvalue weighted by Gasteiger charge is -2.19. The van der Waals surface area contributed by atoms with Crippen molar-refractivity contribution in [2.45, 2.75) is 33.1 Å². The molecular formula is C25H25ClN2O2. The molecule has 0 bridgehead atoms. The highest BCUT2D eigenvalue weighted by molar-refractivity contribution is 6.34. The number of hydrogen-bond acceptors (Lipinski definition) is 2. The first kappa shape index (κ1) is 21.6. The van der Waals surface area contributed by atoms with Gasteiger partial charge in [0.05, 0.1) is 10.6 Å². The molecule has 154 valence electrons. The number of anilines is 2. The Kier molecular flexibility index (Phi) is 6.28. The molecule has 4 nitrogen and oxygen atoms in total. The predicted molar refractivity (Wildman–Crippen MR) is 124 cm³/mol. The van der Waals surface area contributed by atoms with Crippen LogP contribution < -0.4 is 10.6 Å². The summed E-state index contributed by atoms with van der Waals surface area (Å²) in [5, 5.41) is 6.10. The Hall–Kier alpha value is -3.11. The van der Waals surface area contributed by atoms with Crippen LogP contribution in [0.5, 0.6) is 0 Å². The molecule has 30 heavy (non-hydrogen) atoms. The van der Waals surface area contributed by atoms with E-state index in [-0.39, 0.29) is 17.2 Å². The summed E-state index contributed by atoms with van der Waals surface area (Å²) < 4.78 is 0. The van der Waals surface area contributed by atoms with Crippen LogP contribution in [0.3, 0.4) is 0 Å². The predicted octanol–water partition coefficient (Wildman–Crippen LogP) is 6.45. The van der Waals surface area contributed by atoms with Crippen molar-refractivity contribution in [3.63, 3.8) is 0 Å². The van der Waals surface area contributed by atoms with Gasteiger partial charge in [-0.1, -0.05) is 50.6 Å². The van der Waals surface area contributed by atoms with Crippen molar-refractivity contribution in [2.75, 3.05) is 10.6 Å². The van der Waals surface area contributed by atoms with Gasteiger partial charge in [0.15, 0.2) is 0 Å². The van der Waals surface area contributed by atoms with Crippen molar-refractivity contribution in [3.05, 3.63) is 94.0 Å². The lowest BCUT2D eigenvalue weighted by Crippen LogP contribution is -2.14. The fraction of sp³-hybridized carbons (Fsp3) is 0.200. The van der Waals surface area contributed by atoms with Gasteiger partial charge >= 0.3 is 0 Å². The van der Waals surface area contributed by atoms with Crippen LogP contribution >= 0.6 is 11.6 Å². The summed E-state index contributed by atoms with van der Waals surface area (Å²) in [7, 11) is 0. The highest BCUT2D eigenvalue weighted by Gasteiger charge is 2.15. The maximum absolute atomic E-state index is 12.5. The van der Waals surface area contributed by atoms with Crippen LogP contribution in [0.15, 0.2) is 66.7 Å². The largest absolute Gasteiger partial charge is 0.322 e. The molecule has 0 aromatic heterocycles. The molecule has 0 unspecified atom stereocenters. The van der Waals surface area contributed by atoms with E-state index >= 15 is 0 Å². The zero-order valence-electron chi connectivity index (χ0n) is 17.5. The number of halogens is 1. The van der Waals surface area contributed by atoms with Crippen molar-refractivity contribution in [2.24, 2.45) is 0 Å². The van der Waals surface area contributed by atoms with Gasteiger partial charge < -0.3 is 10.6 Å². The van der Waals surface area contributed by atoms with Crippen LogP contribution in [0.4, 0.5) is 11.4 Å². The molecule has 2 amide bonds. The summed E-state index contributed by atoms with van der Waals surface area (Å²) in [4.78, 5) is 24.9. The molecule has 0 saturated carbocycles. The number of carbonyl (C=O) groups is 2. The third-order valence-electron chi connectivity index (χ3n) is 4.78. The maximum atomic E-state index is 12.5. The minimum atomic E-state index is -0.282. The second-order valence-electron chi connectivity index (χ2n) is 8.30. The Balaban J connectivity index is 1.64. The summed E-state index contributed by atoms with van der Waals surface area (Å²) >= 11 is 6.16.